The van der Waals surface area contributed by atoms with E-state index in [0.717, 1.165) is 5.69 Å². The summed E-state index contributed by atoms with van der Waals surface area (Å²) in [7, 11) is 1.57. The Hall–Kier alpha value is -2.02. The molecule has 7 heteroatoms. The van der Waals surface area contributed by atoms with Crippen molar-refractivity contribution in [3.8, 4) is 11.4 Å². The predicted molar refractivity (Wildman–Crippen MR) is 77.5 cm³/mol. The van der Waals surface area contributed by atoms with Crippen LogP contribution in [0.4, 0.5) is 4.39 Å². The average Bonchev–Trinajstić information content (AvgIpc) is 2.95. The highest BCUT2D eigenvalue weighted by Gasteiger charge is 2.22. The summed E-state index contributed by atoms with van der Waals surface area (Å²) in [5.74, 6) is -0.220. The second-order valence-electron chi connectivity index (χ2n) is 3.97. The second-order valence-corrected chi connectivity index (χ2v) is 4.98. The van der Waals surface area contributed by atoms with Gasteiger partial charge in [0, 0.05) is 18.5 Å². The van der Waals surface area contributed by atoms with Crippen LogP contribution in [0.15, 0.2) is 41.8 Å². The van der Waals surface area contributed by atoms with E-state index in [4.69, 9.17) is 4.74 Å². The molecular formula is C14H15FN2O3S. The lowest BCUT2D eigenvalue weighted by molar-refractivity contribution is -0.145. The summed E-state index contributed by atoms with van der Waals surface area (Å²) in [6, 6.07) is 7.26. The van der Waals surface area contributed by atoms with Gasteiger partial charge in [0.1, 0.15) is 5.75 Å². The van der Waals surface area contributed by atoms with E-state index in [0.29, 0.717) is 22.7 Å². The van der Waals surface area contributed by atoms with E-state index in [1.165, 1.54) is 0 Å². The van der Waals surface area contributed by atoms with Gasteiger partial charge in [-0.2, -0.15) is 0 Å². The van der Waals surface area contributed by atoms with Crippen LogP contribution in [0.5, 0.6) is 5.75 Å². The van der Waals surface area contributed by atoms with Crippen molar-refractivity contribution in [3.05, 3.63) is 36.7 Å². The topological polar surface area (TPSA) is 53.3 Å². The molecule has 2 rings (SSSR count). The summed E-state index contributed by atoms with van der Waals surface area (Å²) in [6.45, 7) is 1.77. The predicted octanol–water partition coefficient (Wildman–Crippen LogP) is 2.83. The molecular weight excluding hydrogens is 295 g/mol. The number of hydrogen-bond acceptors (Lipinski definition) is 5. The van der Waals surface area contributed by atoms with Crippen LogP contribution in [0.3, 0.4) is 0 Å². The minimum atomic E-state index is -1.81. The van der Waals surface area contributed by atoms with E-state index in [1.54, 1.807) is 37.1 Å². The molecule has 1 heterocycles. The fourth-order valence-corrected chi connectivity index (χ4v) is 2.43. The Morgan fingerprint density at radius 1 is 1.52 bits per heavy atom. The normalized spacial score (nSPS) is 12.0. The van der Waals surface area contributed by atoms with Gasteiger partial charge < -0.3 is 9.47 Å². The molecule has 1 atom stereocenters. The Morgan fingerprint density at radius 3 is 3.05 bits per heavy atom. The SMILES string of the molecule is CCOC(=O)C(F)Sc1nccn1-c1cccc(OC)c1. The van der Waals surface area contributed by atoms with Gasteiger partial charge in [-0.1, -0.05) is 6.07 Å². The molecule has 0 radical (unpaired) electrons. The molecule has 0 saturated carbocycles. The van der Waals surface area contributed by atoms with Crippen molar-refractivity contribution in [3.63, 3.8) is 0 Å². The zero-order chi connectivity index (χ0) is 15.2. The van der Waals surface area contributed by atoms with Crippen LogP contribution in [0.2, 0.25) is 0 Å². The minimum absolute atomic E-state index is 0.143. The molecule has 0 N–H and O–H groups in total. The molecule has 21 heavy (non-hydrogen) atoms. The van der Waals surface area contributed by atoms with E-state index in [9.17, 15) is 9.18 Å². The van der Waals surface area contributed by atoms with Crippen LogP contribution in [0.1, 0.15) is 6.92 Å². The molecule has 0 aliphatic rings. The lowest BCUT2D eigenvalue weighted by atomic mass is 10.3. The zero-order valence-corrected chi connectivity index (χ0v) is 12.5. The van der Waals surface area contributed by atoms with Crippen molar-refractivity contribution in [2.75, 3.05) is 13.7 Å². The third-order valence-corrected chi connectivity index (χ3v) is 3.53. The van der Waals surface area contributed by atoms with Gasteiger partial charge in [-0.3, -0.25) is 4.57 Å². The number of alkyl halides is 1. The third-order valence-electron chi connectivity index (χ3n) is 2.62. The van der Waals surface area contributed by atoms with Gasteiger partial charge in [-0.15, -0.1) is 0 Å². The molecule has 0 aliphatic carbocycles. The van der Waals surface area contributed by atoms with Crippen molar-refractivity contribution in [2.45, 2.75) is 17.6 Å². The van der Waals surface area contributed by atoms with Gasteiger partial charge in [0.25, 0.3) is 0 Å². The maximum absolute atomic E-state index is 13.8. The van der Waals surface area contributed by atoms with Crippen LogP contribution >= 0.6 is 11.8 Å². The lowest BCUT2D eigenvalue weighted by Crippen LogP contribution is -2.16. The quantitative estimate of drug-likeness (QED) is 0.606. The summed E-state index contributed by atoms with van der Waals surface area (Å²) in [5, 5.41) is 0.365. The van der Waals surface area contributed by atoms with E-state index in [2.05, 4.69) is 9.72 Å². The average molecular weight is 310 g/mol. The maximum Gasteiger partial charge on any atom is 0.351 e. The largest absolute Gasteiger partial charge is 0.497 e. The zero-order valence-electron chi connectivity index (χ0n) is 11.7. The molecule has 1 aromatic heterocycles. The summed E-state index contributed by atoms with van der Waals surface area (Å²) >= 11 is 0.703. The first kappa shape index (κ1) is 15.4. The van der Waals surface area contributed by atoms with E-state index >= 15 is 0 Å². The van der Waals surface area contributed by atoms with Crippen molar-refractivity contribution < 1.29 is 18.7 Å². The number of rotatable bonds is 6. The van der Waals surface area contributed by atoms with Crippen LogP contribution in [0, 0.1) is 0 Å². The molecule has 1 unspecified atom stereocenters. The number of methoxy groups -OCH3 is 1. The number of aromatic nitrogens is 2. The maximum atomic E-state index is 13.8. The first-order valence-electron chi connectivity index (χ1n) is 6.31. The van der Waals surface area contributed by atoms with Gasteiger partial charge in [-0.25, -0.2) is 14.2 Å². The molecule has 1 aromatic carbocycles. The van der Waals surface area contributed by atoms with E-state index in [-0.39, 0.29) is 6.61 Å². The standard InChI is InChI=1S/C14H15FN2O3S/c1-3-20-13(18)12(15)21-14-16-7-8-17(14)10-5-4-6-11(9-10)19-2/h4-9,12H,3H2,1-2H3. The number of benzene rings is 1. The Morgan fingerprint density at radius 2 is 2.33 bits per heavy atom. The van der Waals surface area contributed by atoms with Gasteiger partial charge in [0.05, 0.1) is 19.4 Å². The number of thioether (sulfide) groups is 1. The molecule has 0 bridgehead atoms. The minimum Gasteiger partial charge on any atom is -0.497 e. The molecule has 0 fully saturated rings. The Kier molecular flexibility index (Phi) is 5.21. The number of hydrogen-bond donors (Lipinski definition) is 0. The summed E-state index contributed by atoms with van der Waals surface area (Å²) in [6.07, 6.45) is 3.23. The number of carbonyl (C=O) groups is 1. The number of ether oxygens (including phenoxy) is 2. The number of halogens is 1. The fourth-order valence-electron chi connectivity index (χ4n) is 1.68. The van der Waals surface area contributed by atoms with Gasteiger partial charge in [-0.05, 0) is 30.8 Å². The summed E-state index contributed by atoms with van der Waals surface area (Å²) in [5.41, 5.74) is -1.04. The Bertz CT molecular complexity index is 618. The highest BCUT2D eigenvalue weighted by atomic mass is 32.2. The molecule has 0 aliphatic heterocycles. The van der Waals surface area contributed by atoms with E-state index in [1.807, 2.05) is 18.2 Å². The fraction of sp³-hybridized carbons (Fsp3) is 0.286. The van der Waals surface area contributed by atoms with Crippen molar-refractivity contribution in [1.82, 2.24) is 9.55 Å². The third kappa shape index (κ3) is 3.75. The Labute approximate surface area is 126 Å². The van der Waals surface area contributed by atoms with Crippen molar-refractivity contribution in [1.29, 1.82) is 0 Å². The molecule has 0 amide bonds. The highest BCUT2D eigenvalue weighted by Crippen LogP contribution is 2.27. The van der Waals surface area contributed by atoms with Crippen LogP contribution in [-0.2, 0) is 9.53 Å². The second kappa shape index (κ2) is 7.12. The van der Waals surface area contributed by atoms with Crippen LogP contribution < -0.4 is 4.74 Å². The first-order valence-corrected chi connectivity index (χ1v) is 7.18. The number of nitrogens with zero attached hydrogens (tertiary/aromatic N) is 2. The lowest BCUT2D eigenvalue weighted by Gasteiger charge is -2.10. The molecule has 0 saturated heterocycles. The van der Waals surface area contributed by atoms with Gasteiger partial charge in [0.2, 0.25) is 5.50 Å². The smallest absolute Gasteiger partial charge is 0.351 e. The molecule has 112 valence electrons. The number of carbonyl (C=O) groups excluding carboxylic acids is 1. The van der Waals surface area contributed by atoms with Gasteiger partial charge >= 0.3 is 5.97 Å². The van der Waals surface area contributed by atoms with Gasteiger partial charge in [0.15, 0.2) is 5.16 Å². The number of imidazole rings is 1. The summed E-state index contributed by atoms with van der Waals surface area (Å²) < 4.78 is 25.3. The monoisotopic (exact) mass is 310 g/mol. The highest BCUT2D eigenvalue weighted by molar-refractivity contribution is 8.00. The molecule has 5 nitrogen and oxygen atoms in total. The van der Waals surface area contributed by atoms with Crippen molar-refractivity contribution in [2.24, 2.45) is 0 Å². The summed E-state index contributed by atoms with van der Waals surface area (Å²) in [4.78, 5) is 15.4. The van der Waals surface area contributed by atoms with Crippen molar-refractivity contribution >= 4 is 17.7 Å². The first-order chi connectivity index (χ1) is 10.2. The Balaban J connectivity index is 2.20. The molecule has 2 aromatic rings. The molecule has 0 spiro atoms. The number of esters is 1. The van der Waals surface area contributed by atoms with E-state index < -0.39 is 11.5 Å². The van der Waals surface area contributed by atoms with Crippen LogP contribution in [-0.4, -0.2) is 34.7 Å². The van der Waals surface area contributed by atoms with Crippen LogP contribution in [0.25, 0.3) is 5.69 Å².